The molecule has 1 aromatic heterocycles. The van der Waals surface area contributed by atoms with Crippen molar-refractivity contribution < 1.29 is 0 Å². The Labute approximate surface area is 112 Å². The average molecular weight is 311 g/mol. The van der Waals surface area contributed by atoms with Crippen LogP contribution in [0.3, 0.4) is 0 Å². The van der Waals surface area contributed by atoms with E-state index in [2.05, 4.69) is 20.9 Å². The fourth-order valence-electron chi connectivity index (χ4n) is 2.13. The molecule has 5 heteroatoms. The summed E-state index contributed by atoms with van der Waals surface area (Å²) in [7, 11) is 0. The fourth-order valence-corrected chi connectivity index (χ4v) is 3.04. The number of fused-ring (bicyclic) bond motifs is 1. The van der Waals surface area contributed by atoms with Crippen LogP contribution in [0.25, 0.3) is 10.9 Å². The number of rotatable bonds is 1. The molecule has 0 aliphatic heterocycles. The van der Waals surface area contributed by atoms with Crippen molar-refractivity contribution in [1.82, 2.24) is 9.55 Å². The fraction of sp³-hybridized carbons (Fsp3) is 0.333. The highest BCUT2D eigenvalue weighted by Gasteiger charge is 2.26. The van der Waals surface area contributed by atoms with Crippen molar-refractivity contribution in [3.8, 4) is 0 Å². The number of halogens is 1. The molecule has 3 rings (SSSR count). The van der Waals surface area contributed by atoms with Crippen LogP contribution >= 0.6 is 28.1 Å². The van der Waals surface area contributed by atoms with Gasteiger partial charge in [0.25, 0.3) is 5.56 Å². The van der Waals surface area contributed by atoms with E-state index in [1.807, 2.05) is 19.1 Å². The van der Waals surface area contributed by atoms with Gasteiger partial charge in [0.2, 0.25) is 0 Å². The van der Waals surface area contributed by atoms with Crippen molar-refractivity contribution in [2.45, 2.75) is 25.8 Å². The normalized spacial score (nSPS) is 15.4. The molecule has 3 nitrogen and oxygen atoms in total. The van der Waals surface area contributed by atoms with E-state index in [0.29, 0.717) is 16.2 Å². The van der Waals surface area contributed by atoms with Crippen molar-refractivity contribution in [2.75, 3.05) is 0 Å². The molecule has 2 aromatic rings. The summed E-state index contributed by atoms with van der Waals surface area (Å²) < 4.78 is 3.17. The summed E-state index contributed by atoms with van der Waals surface area (Å²) in [6.45, 7) is 1.97. The summed E-state index contributed by atoms with van der Waals surface area (Å²) >= 11 is 8.70. The summed E-state index contributed by atoms with van der Waals surface area (Å²) in [4.78, 5) is 15.6. The molecule has 1 saturated carbocycles. The minimum Gasteiger partial charge on any atom is -0.331 e. The first-order chi connectivity index (χ1) is 8.08. The van der Waals surface area contributed by atoms with E-state index in [-0.39, 0.29) is 5.56 Å². The molecule has 1 aliphatic rings. The van der Waals surface area contributed by atoms with Gasteiger partial charge in [-0.1, -0.05) is 15.9 Å². The lowest BCUT2D eigenvalue weighted by Crippen LogP contribution is -2.21. The van der Waals surface area contributed by atoms with Crippen molar-refractivity contribution in [3.05, 3.63) is 37.3 Å². The minimum absolute atomic E-state index is 0.0238. The van der Waals surface area contributed by atoms with Crippen LogP contribution in [0.2, 0.25) is 0 Å². The standard InChI is InChI=1S/C12H11BrN2OS/c1-6-4-7(13)5-9-10(6)14-12(17)15(11(9)16)8-2-3-8/h4-5,8H,2-3H2,1H3,(H,14,17). The van der Waals surface area contributed by atoms with Crippen LogP contribution in [0.5, 0.6) is 0 Å². The van der Waals surface area contributed by atoms with Gasteiger partial charge in [-0.15, -0.1) is 0 Å². The third kappa shape index (κ3) is 1.77. The van der Waals surface area contributed by atoms with Gasteiger partial charge in [-0.2, -0.15) is 0 Å². The predicted octanol–water partition coefficient (Wildman–Crippen LogP) is 3.46. The van der Waals surface area contributed by atoms with Gasteiger partial charge in [0.05, 0.1) is 10.9 Å². The number of aromatic nitrogens is 2. The highest BCUT2D eigenvalue weighted by Crippen LogP contribution is 2.34. The van der Waals surface area contributed by atoms with Gasteiger partial charge in [0.15, 0.2) is 4.77 Å². The third-order valence-electron chi connectivity index (χ3n) is 3.11. The monoisotopic (exact) mass is 310 g/mol. The Morgan fingerprint density at radius 2 is 2.18 bits per heavy atom. The lowest BCUT2D eigenvalue weighted by molar-refractivity contribution is 0.685. The van der Waals surface area contributed by atoms with Gasteiger partial charge in [0.1, 0.15) is 0 Å². The minimum atomic E-state index is 0.0238. The topological polar surface area (TPSA) is 37.8 Å². The maximum Gasteiger partial charge on any atom is 0.262 e. The quantitative estimate of drug-likeness (QED) is 0.819. The van der Waals surface area contributed by atoms with Crippen LogP contribution in [0, 0.1) is 11.7 Å². The molecule has 1 fully saturated rings. The Hall–Kier alpha value is -0.940. The molecule has 0 saturated heterocycles. The molecule has 1 aromatic carbocycles. The number of nitrogens with zero attached hydrogens (tertiary/aromatic N) is 1. The molecule has 0 bridgehead atoms. The molecule has 88 valence electrons. The van der Waals surface area contributed by atoms with Crippen LogP contribution in [-0.4, -0.2) is 9.55 Å². The molecule has 17 heavy (non-hydrogen) atoms. The second-order valence-corrected chi connectivity index (χ2v) is 5.78. The van der Waals surface area contributed by atoms with Gasteiger partial charge in [0, 0.05) is 10.5 Å². The molecule has 0 spiro atoms. The first-order valence-corrected chi connectivity index (χ1v) is 6.73. The van der Waals surface area contributed by atoms with Crippen LogP contribution < -0.4 is 5.56 Å². The van der Waals surface area contributed by atoms with Crippen molar-refractivity contribution >= 4 is 39.1 Å². The summed E-state index contributed by atoms with van der Waals surface area (Å²) in [5.74, 6) is 0. The maximum absolute atomic E-state index is 12.4. The molecule has 0 unspecified atom stereocenters. The first-order valence-electron chi connectivity index (χ1n) is 5.52. The largest absolute Gasteiger partial charge is 0.331 e. The van der Waals surface area contributed by atoms with E-state index in [1.54, 1.807) is 4.57 Å². The molecule has 0 atom stereocenters. The maximum atomic E-state index is 12.4. The van der Waals surface area contributed by atoms with E-state index < -0.39 is 0 Å². The molecular weight excluding hydrogens is 300 g/mol. The van der Waals surface area contributed by atoms with Gasteiger partial charge >= 0.3 is 0 Å². The van der Waals surface area contributed by atoms with Crippen LogP contribution in [0.4, 0.5) is 0 Å². The summed E-state index contributed by atoms with van der Waals surface area (Å²) in [5.41, 5.74) is 1.90. The second-order valence-electron chi connectivity index (χ2n) is 4.48. The zero-order chi connectivity index (χ0) is 12.2. The molecule has 1 heterocycles. The molecule has 0 amide bonds. The first kappa shape index (κ1) is 11.2. The van der Waals surface area contributed by atoms with Crippen molar-refractivity contribution in [3.63, 3.8) is 0 Å². The van der Waals surface area contributed by atoms with Gasteiger partial charge < -0.3 is 4.98 Å². The van der Waals surface area contributed by atoms with Gasteiger partial charge in [-0.05, 0) is 49.7 Å². The van der Waals surface area contributed by atoms with E-state index in [4.69, 9.17) is 12.2 Å². The number of hydrogen-bond donors (Lipinski definition) is 1. The summed E-state index contributed by atoms with van der Waals surface area (Å²) in [6, 6.07) is 4.14. The van der Waals surface area contributed by atoms with E-state index >= 15 is 0 Å². The van der Waals surface area contributed by atoms with E-state index in [9.17, 15) is 4.79 Å². The lowest BCUT2D eigenvalue weighted by atomic mass is 10.1. The Morgan fingerprint density at radius 3 is 2.82 bits per heavy atom. The Bertz CT molecular complexity index is 728. The third-order valence-corrected chi connectivity index (χ3v) is 3.87. The lowest BCUT2D eigenvalue weighted by Gasteiger charge is -2.08. The number of aromatic amines is 1. The number of nitrogens with one attached hydrogen (secondary N) is 1. The smallest absolute Gasteiger partial charge is 0.262 e. The number of benzene rings is 1. The zero-order valence-corrected chi connectivity index (χ0v) is 11.7. The molecular formula is C12H11BrN2OS. The number of hydrogen-bond acceptors (Lipinski definition) is 2. The van der Waals surface area contributed by atoms with Gasteiger partial charge in [-0.3, -0.25) is 9.36 Å². The highest BCUT2D eigenvalue weighted by atomic mass is 79.9. The van der Waals surface area contributed by atoms with Gasteiger partial charge in [-0.25, -0.2) is 0 Å². The Kier molecular flexibility index (Phi) is 2.48. The average Bonchev–Trinajstić information content (AvgIpc) is 3.04. The van der Waals surface area contributed by atoms with E-state index in [0.717, 1.165) is 28.4 Å². The Morgan fingerprint density at radius 1 is 1.47 bits per heavy atom. The van der Waals surface area contributed by atoms with Crippen LogP contribution in [0.1, 0.15) is 24.4 Å². The van der Waals surface area contributed by atoms with Crippen molar-refractivity contribution in [1.29, 1.82) is 0 Å². The Balaban J connectivity index is 2.49. The highest BCUT2D eigenvalue weighted by molar-refractivity contribution is 9.10. The molecule has 1 N–H and O–H groups in total. The SMILES string of the molecule is Cc1cc(Br)cc2c(=O)n(C3CC3)c(=S)[nH]c12. The predicted molar refractivity (Wildman–Crippen MR) is 74.1 cm³/mol. The van der Waals surface area contributed by atoms with E-state index in [1.165, 1.54) is 0 Å². The number of H-pyrrole nitrogens is 1. The van der Waals surface area contributed by atoms with Crippen LogP contribution in [0.15, 0.2) is 21.4 Å². The second kappa shape index (κ2) is 3.78. The zero-order valence-electron chi connectivity index (χ0n) is 9.29. The van der Waals surface area contributed by atoms with Crippen LogP contribution in [-0.2, 0) is 0 Å². The molecule has 1 aliphatic carbocycles. The summed E-state index contributed by atoms with van der Waals surface area (Å²) in [5, 5.41) is 0.706. The molecule has 0 radical (unpaired) electrons. The van der Waals surface area contributed by atoms with Crippen molar-refractivity contribution in [2.24, 2.45) is 0 Å². The summed E-state index contributed by atoms with van der Waals surface area (Å²) in [6.07, 6.45) is 2.10. The number of aryl methyl sites for hydroxylation is 1.